The molecule has 1 rings (SSSR count). The standard InChI is InChI=1S/C12H15NO2/c1-5-8(7-13)6-9-11(2,3)12(9,4)10(14)15/h5-6,9H,1H2,2-4H3,(H,14,15)/b8-6-/t9?,12-/m0/s1. The highest BCUT2D eigenvalue weighted by Gasteiger charge is 2.71. The van der Waals surface area contributed by atoms with Crippen molar-refractivity contribution in [1.82, 2.24) is 0 Å². The zero-order valence-corrected chi connectivity index (χ0v) is 9.24. The molecule has 15 heavy (non-hydrogen) atoms. The minimum absolute atomic E-state index is 0.102. The third-order valence-corrected chi connectivity index (χ3v) is 3.79. The van der Waals surface area contributed by atoms with Crippen molar-refractivity contribution in [2.75, 3.05) is 0 Å². The Labute approximate surface area is 89.7 Å². The Balaban J connectivity index is 3.04. The van der Waals surface area contributed by atoms with Gasteiger partial charge in [0.2, 0.25) is 0 Å². The van der Waals surface area contributed by atoms with Crippen molar-refractivity contribution in [1.29, 1.82) is 5.26 Å². The van der Waals surface area contributed by atoms with Crippen LogP contribution in [-0.4, -0.2) is 11.1 Å². The minimum Gasteiger partial charge on any atom is -0.481 e. The van der Waals surface area contributed by atoms with Gasteiger partial charge in [0, 0.05) is 11.5 Å². The monoisotopic (exact) mass is 205 g/mol. The predicted octanol–water partition coefficient (Wildman–Crippen LogP) is 2.37. The van der Waals surface area contributed by atoms with Crippen LogP contribution in [0.5, 0.6) is 0 Å². The molecule has 1 aliphatic rings. The highest BCUT2D eigenvalue weighted by molar-refractivity contribution is 5.81. The number of rotatable bonds is 3. The predicted molar refractivity (Wildman–Crippen MR) is 56.9 cm³/mol. The van der Waals surface area contributed by atoms with Gasteiger partial charge < -0.3 is 5.11 Å². The molecule has 3 nitrogen and oxygen atoms in total. The molecular formula is C12H15NO2. The number of allylic oxidation sites excluding steroid dienone is 3. The molecule has 1 aliphatic carbocycles. The maximum atomic E-state index is 11.1. The van der Waals surface area contributed by atoms with Crippen LogP contribution in [0.3, 0.4) is 0 Å². The number of aliphatic carboxylic acids is 1. The first-order chi connectivity index (χ1) is 6.82. The van der Waals surface area contributed by atoms with Gasteiger partial charge >= 0.3 is 5.97 Å². The van der Waals surface area contributed by atoms with E-state index in [0.717, 1.165) is 0 Å². The molecule has 0 heterocycles. The van der Waals surface area contributed by atoms with Crippen LogP contribution in [0, 0.1) is 28.1 Å². The second kappa shape index (κ2) is 3.23. The summed E-state index contributed by atoms with van der Waals surface area (Å²) in [5.41, 5.74) is -0.625. The number of carboxylic acids is 1. The van der Waals surface area contributed by atoms with Gasteiger partial charge in [0.05, 0.1) is 11.5 Å². The van der Waals surface area contributed by atoms with Crippen LogP contribution in [0.15, 0.2) is 24.3 Å². The van der Waals surface area contributed by atoms with Crippen molar-refractivity contribution in [3.05, 3.63) is 24.3 Å². The van der Waals surface area contributed by atoms with E-state index >= 15 is 0 Å². The van der Waals surface area contributed by atoms with Gasteiger partial charge in [-0.3, -0.25) is 4.79 Å². The molecule has 0 amide bonds. The Hall–Kier alpha value is -1.56. The fourth-order valence-corrected chi connectivity index (χ4v) is 2.14. The maximum Gasteiger partial charge on any atom is 0.310 e. The van der Waals surface area contributed by atoms with Gasteiger partial charge in [-0.15, -0.1) is 0 Å². The Morgan fingerprint density at radius 1 is 1.53 bits per heavy atom. The molecule has 1 N–H and O–H groups in total. The molecule has 0 bridgehead atoms. The fraction of sp³-hybridized carbons (Fsp3) is 0.500. The largest absolute Gasteiger partial charge is 0.481 e. The van der Waals surface area contributed by atoms with Crippen molar-refractivity contribution < 1.29 is 9.90 Å². The summed E-state index contributed by atoms with van der Waals surface area (Å²) in [6.07, 6.45) is 3.16. The summed E-state index contributed by atoms with van der Waals surface area (Å²) in [4.78, 5) is 11.1. The second-order valence-electron chi connectivity index (χ2n) is 4.64. The zero-order chi connectivity index (χ0) is 11.9. The summed E-state index contributed by atoms with van der Waals surface area (Å²) in [6, 6.07) is 1.99. The van der Waals surface area contributed by atoms with Crippen LogP contribution in [-0.2, 0) is 4.79 Å². The van der Waals surface area contributed by atoms with Crippen LogP contribution < -0.4 is 0 Å². The maximum absolute atomic E-state index is 11.1. The van der Waals surface area contributed by atoms with E-state index in [0.29, 0.717) is 5.57 Å². The lowest BCUT2D eigenvalue weighted by Crippen LogP contribution is -2.16. The van der Waals surface area contributed by atoms with Crippen LogP contribution in [0.4, 0.5) is 0 Å². The molecule has 80 valence electrons. The molecule has 0 saturated heterocycles. The lowest BCUT2D eigenvalue weighted by atomic mass is 9.99. The van der Waals surface area contributed by atoms with E-state index in [-0.39, 0.29) is 11.3 Å². The Bertz CT molecular complexity index is 387. The van der Waals surface area contributed by atoms with Crippen LogP contribution in [0.2, 0.25) is 0 Å². The summed E-state index contributed by atoms with van der Waals surface area (Å²) in [6.45, 7) is 9.04. The van der Waals surface area contributed by atoms with Crippen LogP contribution in [0.1, 0.15) is 20.8 Å². The van der Waals surface area contributed by atoms with Crippen molar-refractivity contribution in [3.8, 4) is 6.07 Å². The molecule has 1 fully saturated rings. The molecule has 1 unspecified atom stereocenters. The van der Waals surface area contributed by atoms with Gasteiger partial charge in [0.15, 0.2) is 0 Å². The Morgan fingerprint density at radius 3 is 2.33 bits per heavy atom. The number of carboxylic acid groups (broad SMARTS) is 1. The normalized spacial score (nSPS) is 32.9. The summed E-state index contributed by atoms with van der Waals surface area (Å²) >= 11 is 0. The van der Waals surface area contributed by atoms with Gasteiger partial charge in [-0.25, -0.2) is 0 Å². The van der Waals surface area contributed by atoms with Crippen molar-refractivity contribution in [3.63, 3.8) is 0 Å². The highest BCUT2D eigenvalue weighted by atomic mass is 16.4. The molecule has 0 aromatic rings. The van der Waals surface area contributed by atoms with E-state index < -0.39 is 11.4 Å². The van der Waals surface area contributed by atoms with Gasteiger partial charge in [0.25, 0.3) is 0 Å². The molecule has 2 atom stereocenters. The van der Waals surface area contributed by atoms with E-state index in [4.69, 9.17) is 10.4 Å². The van der Waals surface area contributed by atoms with Gasteiger partial charge in [-0.2, -0.15) is 5.26 Å². The third-order valence-electron chi connectivity index (χ3n) is 3.79. The van der Waals surface area contributed by atoms with E-state index in [1.807, 2.05) is 19.9 Å². The molecule has 0 aliphatic heterocycles. The van der Waals surface area contributed by atoms with Crippen LogP contribution >= 0.6 is 0 Å². The summed E-state index contributed by atoms with van der Waals surface area (Å²) in [5.74, 6) is -0.912. The van der Waals surface area contributed by atoms with Crippen LogP contribution in [0.25, 0.3) is 0 Å². The molecule has 0 aromatic carbocycles. The summed E-state index contributed by atoms with van der Waals surface area (Å²) in [5, 5.41) is 17.9. The smallest absolute Gasteiger partial charge is 0.310 e. The van der Waals surface area contributed by atoms with Crippen molar-refractivity contribution >= 4 is 5.97 Å². The number of nitrogens with zero attached hydrogens (tertiary/aromatic N) is 1. The molecular weight excluding hydrogens is 190 g/mol. The third kappa shape index (κ3) is 1.37. The molecule has 1 saturated carbocycles. The number of hydrogen-bond acceptors (Lipinski definition) is 2. The lowest BCUT2D eigenvalue weighted by molar-refractivity contribution is -0.144. The summed E-state index contributed by atoms with van der Waals surface area (Å²) in [7, 11) is 0. The zero-order valence-electron chi connectivity index (χ0n) is 9.24. The number of carbonyl (C=O) groups is 1. The van der Waals surface area contributed by atoms with E-state index in [1.165, 1.54) is 6.08 Å². The number of nitriles is 1. The lowest BCUT2D eigenvalue weighted by Gasteiger charge is -2.06. The van der Waals surface area contributed by atoms with E-state index in [9.17, 15) is 4.79 Å². The number of hydrogen-bond donors (Lipinski definition) is 1. The Kier molecular flexibility index (Phi) is 2.48. The van der Waals surface area contributed by atoms with Gasteiger partial charge in [-0.05, 0) is 12.3 Å². The molecule has 0 spiro atoms. The van der Waals surface area contributed by atoms with Crippen molar-refractivity contribution in [2.24, 2.45) is 16.7 Å². The molecule has 0 radical (unpaired) electrons. The molecule has 0 aromatic heterocycles. The first-order valence-electron chi connectivity index (χ1n) is 4.80. The fourth-order valence-electron chi connectivity index (χ4n) is 2.14. The Morgan fingerprint density at radius 2 is 2.07 bits per heavy atom. The summed E-state index contributed by atoms with van der Waals surface area (Å²) < 4.78 is 0. The van der Waals surface area contributed by atoms with E-state index in [2.05, 4.69) is 6.58 Å². The minimum atomic E-state index is -0.810. The average Bonchev–Trinajstić information content (AvgIpc) is 2.59. The van der Waals surface area contributed by atoms with E-state index in [1.54, 1.807) is 13.0 Å². The van der Waals surface area contributed by atoms with Gasteiger partial charge in [-0.1, -0.05) is 32.6 Å². The topological polar surface area (TPSA) is 61.1 Å². The highest BCUT2D eigenvalue weighted by Crippen LogP contribution is 2.69. The molecule has 3 heteroatoms. The first kappa shape index (κ1) is 11.5. The second-order valence-corrected chi connectivity index (χ2v) is 4.64. The average molecular weight is 205 g/mol. The quantitative estimate of drug-likeness (QED) is 0.568. The van der Waals surface area contributed by atoms with Crippen molar-refractivity contribution in [2.45, 2.75) is 20.8 Å². The SMILES string of the molecule is C=C/C(C#N)=C/C1C(C)(C)[C@]1(C)C(=O)O. The van der Waals surface area contributed by atoms with Gasteiger partial charge in [0.1, 0.15) is 0 Å². The first-order valence-corrected chi connectivity index (χ1v) is 4.80.